The summed E-state index contributed by atoms with van der Waals surface area (Å²) in [6, 6.07) is 9.53. The predicted molar refractivity (Wildman–Crippen MR) is 83.0 cm³/mol. The maximum Gasteiger partial charge on any atom is 0.155 e. The highest BCUT2D eigenvalue weighted by molar-refractivity contribution is 5.97. The van der Waals surface area contributed by atoms with Crippen LogP contribution in [0.1, 0.15) is 25.0 Å². The van der Waals surface area contributed by atoms with E-state index < -0.39 is 5.82 Å². The van der Waals surface area contributed by atoms with Gasteiger partial charge >= 0.3 is 0 Å². The van der Waals surface area contributed by atoms with Crippen molar-refractivity contribution < 1.29 is 9.18 Å². The lowest BCUT2D eigenvalue weighted by molar-refractivity contribution is -0.113. The van der Waals surface area contributed by atoms with Crippen molar-refractivity contribution in [2.45, 2.75) is 13.8 Å². The van der Waals surface area contributed by atoms with Crippen LogP contribution in [0.15, 0.2) is 42.1 Å². The number of aromatic nitrogens is 1. The number of nitrogens with one attached hydrogen (secondary N) is 1. The Bertz CT molecular complexity index is 791. The third-order valence-electron chi connectivity index (χ3n) is 3.12. The van der Waals surface area contributed by atoms with E-state index in [1.165, 1.54) is 25.1 Å². The first-order chi connectivity index (χ1) is 10.5. The van der Waals surface area contributed by atoms with Crippen molar-refractivity contribution in [2.75, 3.05) is 5.32 Å². The molecule has 0 aliphatic carbocycles. The van der Waals surface area contributed by atoms with E-state index in [1.54, 1.807) is 31.3 Å². The van der Waals surface area contributed by atoms with E-state index in [9.17, 15) is 9.18 Å². The highest BCUT2D eigenvalue weighted by Gasteiger charge is 2.07. The van der Waals surface area contributed by atoms with E-state index in [4.69, 9.17) is 5.26 Å². The number of benzene rings is 1. The van der Waals surface area contributed by atoms with E-state index >= 15 is 0 Å². The number of nitrogens with zero attached hydrogens (tertiary/aromatic N) is 2. The quantitative estimate of drug-likeness (QED) is 0.871. The van der Waals surface area contributed by atoms with Gasteiger partial charge in [-0.05, 0) is 55.8 Å². The van der Waals surface area contributed by atoms with Gasteiger partial charge in [0.25, 0.3) is 0 Å². The summed E-state index contributed by atoms with van der Waals surface area (Å²) in [5, 5.41) is 11.9. The number of halogens is 1. The second-order valence-electron chi connectivity index (χ2n) is 4.76. The number of anilines is 2. The molecule has 2 aromatic rings. The molecule has 0 saturated heterocycles. The van der Waals surface area contributed by atoms with Gasteiger partial charge in [0, 0.05) is 17.4 Å². The van der Waals surface area contributed by atoms with Crippen LogP contribution in [-0.4, -0.2) is 10.8 Å². The Morgan fingerprint density at radius 3 is 2.82 bits per heavy atom. The fourth-order valence-electron chi connectivity index (χ4n) is 1.80. The van der Waals surface area contributed by atoms with E-state index in [0.717, 1.165) is 5.56 Å². The molecule has 110 valence electrons. The van der Waals surface area contributed by atoms with E-state index in [0.29, 0.717) is 17.1 Å². The number of rotatable bonds is 4. The average Bonchev–Trinajstić information content (AvgIpc) is 2.50. The van der Waals surface area contributed by atoms with Crippen molar-refractivity contribution in [3.05, 3.63) is 59.0 Å². The predicted octanol–water partition coefficient (Wildman–Crippen LogP) is 3.83. The summed E-state index contributed by atoms with van der Waals surface area (Å²) in [4.78, 5) is 15.6. The Kier molecular flexibility index (Phi) is 4.64. The van der Waals surface area contributed by atoms with Gasteiger partial charge < -0.3 is 5.32 Å². The van der Waals surface area contributed by atoms with Crippen LogP contribution in [0.25, 0.3) is 6.08 Å². The summed E-state index contributed by atoms with van der Waals surface area (Å²) < 4.78 is 13.3. The molecule has 2 rings (SSSR count). The minimum absolute atomic E-state index is 0.0247. The minimum Gasteiger partial charge on any atom is -0.340 e. The van der Waals surface area contributed by atoms with E-state index in [2.05, 4.69) is 10.3 Å². The lowest BCUT2D eigenvalue weighted by Gasteiger charge is -2.09. The fourth-order valence-corrected chi connectivity index (χ4v) is 1.80. The number of carbonyl (C=O) groups is 1. The molecule has 1 heterocycles. The Morgan fingerprint density at radius 2 is 2.14 bits per heavy atom. The molecule has 1 N–H and O–H groups in total. The van der Waals surface area contributed by atoms with E-state index in [-0.39, 0.29) is 11.3 Å². The number of allylic oxidation sites excluding steroid dienone is 1. The van der Waals surface area contributed by atoms with E-state index in [1.807, 2.05) is 6.07 Å². The van der Waals surface area contributed by atoms with Gasteiger partial charge in [-0.2, -0.15) is 5.26 Å². The monoisotopic (exact) mass is 295 g/mol. The molecule has 22 heavy (non-hydrogen) atoms. The number of carbonyl (C=O) groups excluding carboxylic acids is 1. The standard InChI is InChI=1S/C17H14FN3O/c1-11(12(2)22)8-13-4-3-7-20-17(13)21-15-5-6-16(18)14(9-15)10-19/h3-9H,1-2H3,(H,20,21)/b11-8-. The summed E-state index contributed by atoms with van der Waals surface area (Å²) in [5.41, 5.74) is 1.84. The third-order valence-corrected chi connectivity index (χ3v) is 3.12. The number of Topliss-reactive ketones (excluding diaryl/α,β-unsaturated/α-hetero) is 1. The Hall–Kier alpha value is -3.00. The Labute approximate surface area is 127 Å². The third kappa shape index (κ3) is 3.55. The van der Waals surface area contributed by atoms with Crippen LogP contribution in [0.4, 0.5) is 15.9 Å². The molecule has 0 fully saturated rings. The molecule has 0 aliphatic rings. The molecule has 0 amide bonds. The molecule has 0 saturated carbocycles. The van der Waals surface area contributed by atoms with Gasteiger partial charge in [0.05, 0.1) is 5.56 Å². The van der Waals surface area contributed by atoms with Gasteiger partial charge in [-0.15, -0.1) is 0 Å². The van der Waals surface area contributed by atoms with Crippen LogP contribution in [0, 0.1) is 17.1 Å². The minimum atomic E-state index is -0.568. The molecular weight excluding hydrogens is 281 g/mol. The summed E-state index contributed by atoms with van der Waals surface area (Å²) in [6.07, 6.45) is 3.34. The van der Waals surface area contributed by atoms with Gasteiger partial charge in [0.1, 0.15) is 17.7 Å². The first kappa shape index (κ1) is 15.4. The van der Waals surface area contributed by atoms with Gasteiger partial charge in [-0.1, -0.05) is 0 Å². The van der Waals surface area contributed by atoms with Crippen molar-refractivity contribution in [2.24, 2.45) is 0 Å². The van der Waals surface area contributed by atoms with Gasteiger partial charge in [0.2, 0.25) is 0 Å². The zero-order valence-electron chi connectivity index (χ0n) is 12.2. The van der Waals surface area contributed by atoms with Crippen LogP contribution < -0.4 is 5.32 Å². The Balaban J connectivity index is 2.37. The van der Waals surface area contributed by atoms with Gasteiger partial charge in [-0.3, -0.25) is 4.79 Å². The molecule has 0 spiro atoms. The number of hydrogen-bond donors (Lipinski definition) is 1. The second-order valence-corrected chi connectivity index (χ2v) is 4.76. The number of nitriles is 1. The van der Waals surface area contributed by atoms with Crippen molar-refractivity contribution in [3.8, 4) is 6.07 Å². The molecule has 0 unspecified atom stereocenters. The van der Waals surface area contributed by atoms with Crippen molar-refractivity contribution in [1.29, 1.82) is 5.26 Å². The smallest absolute Gasteiger partial charge is 0.155 e. The van der Waals surface area contributed by atoms with Gasteiger partial charge in [-0.25, -0.2) is 9.37 Å². The molecule has 0 radical (unpaired) electrons. The first-order valence-corrected chi connectivity index (χ1v) is 6.62. The summed E-state index contributed by atoms with van der Waals surface area (Å²) in [7, 11) is 0. The number of hydrogen-bond acceptors (Lipinski definition) is 4. The zero-order chi connectivity index (χ0) is 16.1. The van der Waals surface area contributed by atoms with Crippen molar-refractivity contribution >= 4 is 23.4 Å². The first-order valence-electron chi connectivity index (χ1n) is 6.62. The number of pyridine rings is 1. The summed E-state index contributed by atoms with van der Waals surface area (Å²) in [6.45, 7) is 3.22. The molecular formula is C17H14FN3O. The van der Waals surface area contributed by atoms with Crippen molar-refractivity contribution in [3.63, 3.8) is 0 Å². The van der Waals surface area contributed by atoms with Crippen LogP contribution >= 0.6 is 0 Å². The highest BCUT2D eigenvalue weighted by Crippen LogP contribution is 2.22. The largest absolute Gasteiger partial charge is 0.340 e. The second kappa shape index (κ2) is 6.64. The van der Waals surface area contributed by atoms with Crippen molar-refractivity contribution in [1.82, 2.24) is 4.98 Å². The topological polar surface area (TPSA) is 65.8 Å². The molecule has 5 heteroatoms. The molecule has 0 bridgehead atoms. The molecule has 4 nitrogen and oxygen atoms in total. The zero-order valence-corrected chi connectivity index (χ0v) is 12.2. The van der Waals surface area contributed by atoms with Crippen LogP contribution in [0.2, 0.25) is 0 Å². The van der Waals surface area contributed by atoms with Crippen LogP contribution in [-0.2, 0) is 4.79 Å². The fraction of sp³-hybridized carbons (Fsp3) is 0.118. The molecule has 0 aliphatic heterocycles. The summed E-state index contributed by atoms with van der Waals surface area (Å²) in [5.74, 6) is -0.0661. The Morgan fingerprint density at radius 1 is 1.36 bits per heavy atom. The summed E-state index contributed by atoms with van der Waals surface area (Å²) >= 11 is 0. The van der Waals surface area contributed by atoms with Crippen LogP contribution in [0.3, 0.4) is 0 Å². The molecule has 1 aromatic heterocycles. The molecule has 1 aromatic carbocycles. The maximum atomic E-state index is 13.3. The van der Waals surface area contributed by atoms with Gasteiger partial charge in [0.15, 0.2) is 5.78 Å². The lowest BCUT2D eigenvalue weighted by Crippen LogP contribution is -1.98. The normalized spacial score (nSPS) is 10.9. The SMILES string of the molecule is CC(=O)/C(C)=C\c1cccnc1Nc1ccc(F)c(C#N)c1. The molecule has 0 atom stereocenters. The van der Waals surface area contributed by atoms with Crippen LogP contribution in [0.5, 0.6) is 0 Å². The maximum absolute atomic E-state index is 13.3. The highest BCUT2D eigenvalue weighted by atomic mass is 19.1. The number of ketones is 1. The average molecular weight is 295 g/mol. The lowest BCUT2D eigenvalue weighted by atomic mass is 10.1.